The van der Waals surface area contributed by atoms with Gasteiger partial charge >= 0.3 is 0 Å². The van der Waals surface area contributed by atoms with Crippen LogP contribution in [0.15, 0.2) is 54.6 Å². The highest BCUT2D eigenvalue weighted by Gasteiger charge is 2.13. The highest BCUT2D eigenvalue weighted by atomic mass is 35.5. The summed E-state index contributed by atoms with van der Waals surface area (Å²) in [5, 5.41) is 0. The molecule has 0 fully saturated rings. The van der Waals surface area contributed by atoms with Crippen LogP contribution in [0.5, 0.6) is 11.5 Å². The molecule has 0 heterocycles. The molecule has 18 heavy (non-hydrogen) atoms. The molecule has 0 saturated carbocycles. The van der Waals surface area contributed by atoms with Gasteiger partial charge in [0.15, 0.2) is 0 Å². The van der Waals surface area contributed by atoms with E-state index in [1.807, 2.05) is 68.4 Å². The summed E-state index contributed by atoms with van der Waals surface area (Å²) < 4.78 is 5.71. The van der Waals surface area contributed by atoms with Crippen molar-refractivity contribution in [2.24, 2.45) is 5.73 Å². The lowest BCUT2D eigenvalue weighted by Gasteiger charge is -2.19. The Balaban J connectivity index is 0.00000162. The molecule has 0 bridgehead atoms. The van der Waals surface area contributed by atoms with E-state index in [2.05, 4.69) is 0 Å². The molecule has 0 radical (unpaired) electrons. The Kier molecular flexibility index (Phi) is 4.76. The third-order valence-electron chi connectivity index (χ3n) is 2.58. The molecule has 0 spiro atoms. The molecule has 2 rings (SSSR count). The molecule has 0 aliphatic rings. The van der Waals surface area contributed by atoms with Gasteiger partial charge in [0, 0.05) is 5.54 Å². The Morgan fingerprint density at radius 1 is 0.833 bits per heavy atom. The molecule has 0 aromatic heterocycles. The van der Waals surface area contributed by atoms with Crippen molar-refractivity contribution < 1.29 is 4.74 Å². The predicted molar refractivity (Wildman–Crippen MR) is 77.4 cm³/mol. The van der Waals surface area contributed by atoms with Crippen LogP contribution in [0, 0.1) is 0 Å². The normalized spacial score (nSPS) is 10.6. The van der Waals surface area contributed by atoms with Crippen molar-refractivity contribution >= 4 is 12.4 Å². The van der Waals surface area contributed by atoms with E-state index in [4.69, 9.17) is 10.5 Å². The Morgan fingerprint density at radius 2 is 1.33 bits per heavy atom. The fourth-order valence-electron chi connectivity index (χ4n) is 1.58. The molecule has 0 aliphatic carbocycles. The molecule has 0 atom stereocenters. The molecule has 96 valence electrons. The molecule has 2 nitrogen and oxygen atoms in total. The lowest BCUT2D eigenvalue weighted by molar-refractivity contribution is 0.481. The van der Waals surface area contributed by atoms with Crippen molar-refractivity contribution in [1.82, 2.24) is 0 Å². The molecular formula is C15H18ClNO. The van der Waals surface area contributed by atoms with Crippen LogP contribution in [0.2, 0.25) is 0 Å². The minimum atomic E-state index is -0.314. The van der Waals surface area contributed by atoms with Crippen LogP contribution < -0.4 is 10.5 Å². The summed E-state index contributed by atoms with van der Waals surface area (Å²) in [5.74, 6) is 1.66. The summed E-state index contributed by atoms with van der Waals surface area (Å²) in [6.45, 7) is 3.97. The van der Waals surface area contributed by atoms with Crippen LogP contribution in [0.4, 0.5) is 0 Å². The van der Waals surface area contributed by atoms with Crippen LogP contribution >= 0.6 is 12.4 Å². The first-order valence-corrected chi connectivity index (χ1v) is 5.68. The van der Waals surface area contributed by atoms with Gasteiger partial charge in [-0.3, -0.25) is 0 Å². The SMILES string of the molecule is CC(C)(N)c1ccc(Oc2ccccc2)cc1.Cl. The quantitative estimate of drug-likeness (QED) is 0.905. The lowest BCUT2D eigenvalue weighted by Crippen LogP contribution is -2.28. The van der Waals surface area contributed by atoms with Gasteiger partial charge in [-0.05, 0) is 43.7 Å². The molecule has 0 aliphatic heterocycles. The van der Waals surface area contributed by atoms with Gasteiger partial charge in [0.1, 0.15) is 11.5 Å². The highest BCUT2D eigenvalue weighted by molar-refractivity contribution is 5.85. The van der Waals surface area contributed by atoms with Crippen molar-refractivity contribution in [2.45, 2.75) is 19.4 Å². The summed E-state index contributed by atoms with van der Waals surface area (Å²) in [6.07, 6.45) is 0. The fourth-order valence-corrected chi connectivity index (χ4v) is 1.58. The van der Waals surface area contributed by atoms with E-state index in [1.54, 1.807) is 0 Å². The average molecular weight is 264 g/mol. The molecular weight excluding hydrogens is 246 g/mol. The standard InChI is InChI=1S/C15H17NO.ClH/c1-15(2,16)12-8-10-14(11-9-12)17-13-6-4-3-5-7-13;/h3-11H,16H2,1-2H3;1H. The van der Waals surface area contributed by atoms with E-state index in [-0.39, 0.29) is 17.9 Å². The van der Waals surface area contributed by atoms with E-state index >= 15 is 0 Å². The van der Waals surface area contributed by atoms with Crippen LogP contribution in [-0.4, -0.2) is 0 Å². The summed E-state index contributed by atoms with van der Waals surface area (Å²) in [7, 11) is 0. The number of ether oxygens (including phenoxy) is 1. The van der Waals surface area contributed by atoms with E-state index < -0.39 is 0 Å². The first-order chi connectivity index (χ1) is 8.05. The van der Waals surface area contributed by atoms with E-state index in [1.165, 1.54) is 0 Å². The maximum Gasteiger partial charge on any atom is 0.127 e. The smallest absolute Gasteiger partial charge is 0.127 e. The monoisotopic (exact) mass is 263 g/mol. The van der Waals surface area contributed by atoms with Crippen LogP contribution in [0.25, 0.3) is 0 Å². The number of halogens is 1. The van der Waals surface area contributed by atoms with E-state index in [9.17, 15) is 0 Å². The topological polar surface area (TPSA) is 35.2 Å². The van der Waals surface area contributed by atoms with Crippen molar-refractivity contribution in [2.75, 3.05) is 0 Å². The Bertz CT molecular complexity index is 474. The lowest BCUT2D eigenvalue weighted by atomic mass is 9.96. The first kappa shape index (κ1) is 14.6. The zero-order valence-electron chi connectivity index (χ0n) is 10.6. The van der Waals surface area contributed by atoms with Crippen molar-refractivity contribution in [3.63, 3.8) is 0 Å². The molecule has 2 N–H and O–H groups in total. The number of benzene rings is 2. The van der Waals surface area contributed by atoms with Crippen LogP contribution in [0.1, 0.15) is 19.4 Å². The van der Waals surface area contributed by atoms with Crippen molar-refractivity contribution in [3.05, 3.63) is 60.2 Å². The second-order valence-electron chi connectivity index (χ2n) is 4.66. The Hall–Kier alpha value is -1.51. The zero-order chi connectivity index (χ0) is 12.3. The van der Waals surface area contributed by atoms with Gasteiger partial charge in [-0.2, -0.15) is 0 Å². The zero-order valence-corrected chi connectivity index (χ0v) is 11.4. The number of rotatable bonds is 3. The predicted octanol–water partition coefficient (Wildman–Crippen LogP) is 4.09. The van der Waals surface area contributed by atoms with Crippen molar-refractivity contribution in [3.8, 4) is 11.5 Å². The van der Waals surface area contributed by atoms with Crippen LogP contribution in [-0.2, 0) is 5.54 Å². The number of nitrogens with two attached hydrogens (primary N) is 1. The second kappa shape index (κ2) is 5.89. The van der Waals surface area contributed by atoms with Gasteiger partial charge in [0.2, 0.25) is 0 Å². The summed E-state index contributed by atoms with van der Waals surface area (Å²) in [5.41, 5.74) is 6.80. The maximum absolute atomic E-state index is 6.02. The van der Waals surface area contributed by atoms with E-state index in [0.29, 0.717) is 0 Å². The second-order valence-corrected chi connectivity index (χ2v) is 4.66. The summed E-state index contributed by atoms with van der Waals surface area (Å²) in [4.78, 5) is 0. The molecule has 0 saturated heterocycles. The number of para-hydroxylation sites is 1. The van der Waals surface area contributed by atoms with Gasteiger partial charge in [-0.1, -0.05) is 30.3 Å². The van der Waals surface area contributed by atoms with Gasteiger partial charge < -0.3 is 10.5 Å². The van der Waals surface area contributed by atoms with E-state index in [0.717, 1.165) is 17.1 Å². The third-order valence-corrected chi connectivity index (χ3v) is 2.58. The maximum atomic E-state index is 6.02. The largest absolute Gasteiger partial charge is 0.457 e. The average Bonchev–Trinajstić information content (AvgIpc) is 2.30. The molecule has 2 aromatic rings. The number of hydrogen-bond donors (Lipinski definition) is 1. The number of hydrogen-bond acceptors (Lipinski definition) is 2. The van der Waals surface area contributed by atoms with Crippen LogP contribution in [0.3, 0.4) is 0 Å². The van der Waals surface area contributed by atoms with Crippen molar-refractivity contribution in [1.29, 1.82) is 0 Å². The van der Waals surface area contributed by atoms with Gasteiger partial charge in [0.05, 0.1) is 0 Å². The Labute approximate surface area is 114 Å². The first-order valence-electron chi connectivity index (χ1n) is 5.68. The minimum Gasteiger partial charge on any atom is -0.457 e. The summed E-state index contributed by atoms with van der Waals surface area (Å²) >= 11 is 0. The minimum absolute atomic E-state index is 0. The molecule has 0 amide bonds. The molecule has 3 heteroatoms. The van der Waals surface area contributed by atoms with Gasteiger partial charge in [-0.25, -0.2) is 0 Å². The summed E-state index contributed by atoms with van der Waals surface area (Å²) in [6, 6.07) is 17.6. The Morgan fingerprint density at radius 3 is 1.83 bits per heavy atom. The van der Waals surface area contributed by atoms with Gasteiger partial charge in [0.25, 0.3) is 0 Å². The fraction of sp³-hybridized carbons (Fsp3) is 0.200. The molecule has 2 aromatic carbocycles. The van der Waals surface area contributed by atoms with Gasteiger partial charge in [-0.15, -0.1) is 12.4 Å². The third kappa shape index (κ3) is 3.76. The highest BCUT2D eigenvalue weighted by Crippen LogP contribution is 2.24. The molecule has 0 unspecified atom stereocenters.